The van der Waals surface area contributed by atoms with E-state index in [-0.39, 0.29) is 11.3 Å². The number of hydrogen-bond donors (Lipinski definition) is 2. The lowest BCUT2D eigenvalue weighted by Crippen LogP contribution is -2.42. The normalized spacial score (nSPS) is 19.2. The molecule has 3 rings (SSSR count). The Labute approximate surface area is 152 Å². The maximum absolute atomic E-state index is 13.5. The average molecular weight is 377 g/mol. The quantitative estimate of drug-likeness (QED) is 0.804. The van der Waals surface area contributed by atoms with Crippen molar-refractivity contribution >= 4 is 23.5 Å². The molecule has 2 aromatic rings. The van der Waals surface area contributed by atoms with Crippen molar-refractivity contribution in [3.63, 3.8) is 0 Å². The second-order valence-corrected chi connectivity index (χ2v) is 6.13. The molecule has 1 aliphatic rings. The highest BCUT2D eigenvalue weighted by atomic mass is 19.2. The summed E-state index contributed by atoms with van der Waals surface area (Å²) in [6, 6.07) is 7.07. The predicted octanol–water partition coefficient (Wildman–Crippen LogP) is 2.51. The van der Waals surface area contributed by atoms with Crippen LogP contribution in [0.1, 0.15) is 12.5 Å². The third-order valence-corrected chi connectivity index (χ3v) is 4.18. The Balaban J connectivity index is 1.77. The summed E-state index contributed by atoms with van der Waals surface area (Å²) in [5.74, 6) is -4.34. The van der Waals surface area contributed by atoms with Crippen molar-refractivity contribution in [2.75, 3.05) is 11.9 Å². The number of imide groups is 1. The Bertz CT molecular complexity index is 950. The number of hydrogen-bond acceptors (Lipinski definition) is 3. The molecule has 2 N–H and O–H groups in total. The zero-order valence-electron chi connectivity index (χ0n) is 14.1. The summed E-state index contributed by atoms with van der Waals surface area (Å²) in [4.78, 5) is 37.6. The van der Waals surface area contributed by atoms with Gasteiger partial charge in [0.15, 0.2) is 11.6 Å². The first-order chi connectivity index (χ1) is 12.7. The van der Waals surface area contributed by atoms with Crippen molar-refractivity contribution in [1.29, 1.82) is 0 Å². The molecule has 0 aliphatic carbocycles. The van der Waals surface area contributed by atoms with E-state index in [1.165, 1.54) is 31.2 Å². The Morgan fingerprint density at radius 1 is 1.11 bits per heavy atom. The topological polar surface area (TPSA) is 78.5 Å². The van der Waals surface area contributed by atoms with E-state index in [0.717, 1.165) is 18.2 Å². The van der Waals surface area contributed by atoms with Gasteiger partial charge in [0.25, 0.3) is 5.91 Å². The molecular weight excluding hydrogens is 363 g/mol. The standard InChI is InChI=1S/C18H14F3N3O3/c1-18(10-5-6-13(20)14(21)7-10)16(26)24(17(27)23-18)9-15(25)22-12-4-2-3-11(19)8-12/h2-8H,9H2,1H3,(H,22,25)(H,23,27). The van der Waals surface area contributed by atoms with E-state index in [1.807, 2.05) is 0 Å². The fourth-order valence-corrected chi connectivity index (χ4v) is 2.75. The molecule has 0 saturated carbocycles. The summed E-state index contributed by atoms with van der Waals surface area (Å²) < 4.78 is 39.8. The minimum absolute atomic E-state index is 0.0350. The predicted molar refractivity (Wildman–Crippen MR) is 89.0 cm³/mol. The molecule has 1 heterocycles. The molecule has 1 fully saturated rings. The van der Waals surface area contributed by atoms with E-state index in [2.05, 4.69) is 10.6 Å². The Hall–Kier alpha value is -3.36. The van der Waals surface area contributed by atoms with E-state index in [4.69, 9.17) is 0 Å². The molecule has 1 saturated heterocycles. The smallest absolute Gasteiger partial charge is 0.324 e. The van der Waals surface area contributed by atoms with Gasteiger partial charge in [-0.3, -0.25) is 14.5 Å². The summed E-state index contributed by atoms with van der Waals surface area (Å²) >= 11 is 0. The number of halogens is 3. The van der Waals surface area contributed by atoms with Crippen molar-refractivity contribution in [2.45, 2.75) is 12.5 Å². The third kappa shape index (κ3) is 3.48. The van der Waals surface area contributed by atoms with Gasteiger partial charge in [0.1, 0.15) is 17.9 Å². The zero-order chi connectivity index (χ0) is 19.8. The van der Waals surface area contributed by atoms with Gasteiger partial charge in [0.2, 0.25) is 5.91 Å². The molecule has 1 atom stereocenters. The Morgan fingerprint density at radius 3 is 2.52 bits per heavy atom. The Kier molecular flexibility index (Phi) is 4.61. The van der Waals surface area contributed by atoms with Crippen molar-refractivity contribution in [2.24, 2.45) is 0 Å². The van der Waals surface area contributed by atoms with Crippen molar-refractivity contribution in [3.05, 3.63) is 65.5 Å². The fourth-order valence-electron chi connectivity index (χ4n) is 2.75. The lowest BCUT2D eigenvalue weighted by atomic mass is 9.92. The summed E-state index contributed by atoms with van der Waals surface area (Å²) in [7, 11) is 0. The van der Waals surface area contributed by atoms with Gasteiger partial charge in [0, 0.05) is 5.69 Å². The second-order valence-electron chi connectivity index (χ2n) is 6.13. The number of carbonyl (C=O) groups excluding carboxylic acids is 3. The molecule has 0 bridgehead atoms. The number of benzene rings is 2. The highest BCUT2D eigenvalue weighted by molar-refractivity contribution is 6.10. The number of nitrogens with zero attached hydrogens (tertiary/aromatic N) is 1. The number of amides is 4. The lowest BCUT2D eigenvalue weighted by molar-refractivity contribution is -0.133. The average Bonchev–Trinajstić information content (AvgIpc) is 2.81. The van der Waals surface area contributed by atoms with Crippen LogP contribution in [0.5, 0.6) is 0 Å². The summed E-state index contributed by atoms with van der Waals surface area (Å²) in [5.41, 5.74) is -1.45. The molecular formula is C18H14F3N3O3. The SMILES string of the molecule is CC1(c2ccc(F)c(F)c2)NC(=O)N(CC(=O)Nc2cccc(F)c2)C1=O. The number of urea groups is 1. The highest BCUT2D eigenvalue weighted by Gasteiger charge is 2.49. The molecule has 140 valence electrons. The maximum atomic E-state index is 13.5. The van der Waals surface area contributed by atoms with Crippen LogP contribution in [0.25, 0.3) is 0 Å². The van der Waals surface area contributed by atoms with Gasteiger partial charge in [-0.25, -0.2) is 18.0 Å². The first kappa shape index (κ1) is 18.4. The van der Waals surface area contributed by atoms with Crippen LogP contribution >= 0.6 is 0 Å². The van der Waals surface area contributed by atoms with Gasteiger partial charge >= 0.3 is 6.03 Å². The van der Waals surface area contributed by atoms with Crippen LogP contribution in [0.2, 0.25) is 0 Å². The minimum atomic E-state index is -1.65. The molecule has 2 aromatic carbocycles. The summed E-state index contributed by atoms with van der Waals surface area (Å²) in [6.45, 7) is 0.699. The highest BCUT2D eigenvalue weighted by Crippen LogP contribution is 2.29. The van der Waals surface area contributed by atoms with Crippen molar-refractivity contribution < 1.29 is 27.6 Å². The van der Waals surface area contributed by atoms with E-state index >= 15 is 0 Å². The number of anilines is 1. The van der Waals surface area contributed by atoms with Crippen LogP contribution < -0.4 is 10.6 Å². The number of carbonyl (C=O) groups is 3. The first-order valence-electron chi connectivity index (χ1n) is 7.86. The molecule has 1 unspecified atom stereocenters. The van der Waals surface area contributed by atoms with Crippen LogP contribution in [0.15, 0.2) is 42.5 Å². The van der Waals surface area contributed by atoms with Gasteiger partial charge in [-0.15, -0.1) is 0 Å². The Morgan fingerprint density at radius 2 is 1.85 bits per heavy atom. The van der Waals surface area contributed by atoms with Crippen LogP contribution in [-0.2, 0) is 15.1 Å². The zero-order valence-corrected chi connectivity index (χ0v) is 14.1. The van der Waals surface area contributed by atoms with E-state index in [0.29, 0.717) is 4.90 Å². The van der Waals surface area contributed by atoms with Gasteiger partial charge < -0.3 is 10.6 Å². The largest absolute Gasteiger partial charge is 0.325 e. The van der Waals surface area contributed by atoms with Gasteiger partial charge in [0.05, 0.1) is 0 Å². The number of nitrogens with one attached hydrogen (secondary N) is 2. The fraction of sp³-hybridized carbons (Fsp3) is 0.167. The molecule has 27 heavy (non-hydrogen) atoms. The summed E-state index contributed by atoms with van der Waals surface area (Å²) in [5, 5.41) is 4.75. The van der Waals surface area contributed by atoms with Crippen LogP contribution in [-0.4, -0.2) is 29.3 Å². The summed E-state index contributed by atoms with van der Waals surface area (Å²) in [6.07, 6.45) is 0. The maximum Gasteiger partial charge on any atom is 0.325 e. The van der Waals surface area contributed by atoms with E-state index in [9.17, 15) is 27.6 Å². The lowest BCUT2D eigenvalue weighted by Gasteiger charge is -2.22. The van der Waals surface area contributed by atoms with Gasteiger partial charge in [-0.2, -0.15) is 0 Å². The molecule has 6 nitrogen and oxygen atoms in total. The molecule has 9 heteroatoms. The van der Waals surface area contributed by atoms with Crippen LogP contribution in [0, 0.1) is 17.5 Å². The van der Waals surface area contributed by atoms with E-state index < -0.39 is 47.4 Å². The second kappa shape index (κ2) is 6.75. The number of rotatable bonds is 4. The minimum Gasteiger partial charge on any atom is -0.324 e. The molecule has 4 amide bonds. The van der Waals surface area contributed by atoms with Gasteiger partial charge in [-0.1, -0.05) is 12.1 Å². The van der Waals surface area contributed by atoms with E-state index in [1.54, 1.807) is 0 Å². The third-order valence-electron chi connectivity index (χ3n) is 4.18. The van der Waals surface area contributed by atoms with Crippen molar-refractivity contribution in [3.8, 4) is 0 Å². The first-order valence-corrected chi connectivity index (χ1v) is 7.86. The molecule has 1 aliphatic heterocycles. The molecule has 0 radical (unpaired) electrons. The molecule has 0 aromatic heterocycles. The molecule has 0 spiro atoms. The monoisotopic (exact) mass is 377 g/mol. The van der Waals surface area contributed by atoms with Crippen LogP contribution in [0.4, 0.5) is 23.7 Å². The van der Waals surface area contributed by atoms with Gasteiger partial charge in [-0.05, 0) is 42.8 Å². The van der Waals surface area contributed by atoms with Crippen molar-refractivity contribution in [1.82, 2.24) is 10.2 Å². The van der Waals surface area contributed by atoms with Crippen LogP contribution in [0.3, 0.4) is 0 Å².